The second-order valence-corrected chi connectivity index (χ2v) is 8.04. The Morgan fingerprint density at radius 3 is 2.55 bits per heavy atom. The van der Waals surface area contributed by atoms with E-state index in [-0.39, 0.29) is 30.6 Å². The molecule has 0 aliphatic carbocycles. The fraction of sp³-hybridized carbons (Fsp3) is 0.360. The number of carbonyl (C=O) groups is 2. The molecule has 1 fully saturated rings. The van der Waals surface area contributed by atoms with Crippen molar-refractivity contribution in [3.63, 3.8) is 0 Å². The predicted molar refractivity (Wildman–Crippen MR) is 119 cm³/mol. The molecule has 1 N–H and O–H groups in total. The third-order valence-corrected chi connectivity index (χ3v) is 5.27. The van der Waals surface area contributed by atoms with E-state index in [1.807, 2.05) is 70.2 Å². The molecule has 0 saturated carbocycles. The molecule has 164 valence electrons. The second-order valence-electron chi connectivity index (χ2n) is 8.04. The Morgan fingerprint density at radius 2 is 1.87 bits per heavy atom. The van der Waals surface area contributed by atoms with Gasteiger partial charge in [0.05, 0.1) is 24.3 Å². The van der Waals surface area contributed by atoms with Gasteiger partial charge in [-0.2, -0.15) is 0 Å². The molecule has 2 aromatic carbocycles. The molecule has 1 aliphatic heterocycles. The summed E-state index contributed by atoms with van der Waals surface area (Å²) in [5.41, 5.74) is 3.09. The fourth-order valence-corrected chi connectivity index (χ4v) is 3.81. The number of amides is 1. The van der Waals surface area contributed by atoms with Crippen LogP contribution >= 0.6 is 0 Å². The van der Waals surface area contributed by atoms with Crippen molar-refractivity contribution in [2.45, 2.75) is 39.8 Å². The Hall–Kier alpha value is -3.12. The molecular formula is C25H29NO5. The summed E-state index contributed by atoms with van der Waals surface area (Å²) in [6, 6.07) is 12.2. The first kappa shape index (κ1) is 22.6. The number of carbonyl (C=O) groups excluding carboxylic acids is 2. The van der Waals surface area contributed by atoms with Gasteiger partial charge in [0.1, 0.15) is 11.5 Å². The van der Waals surface area contributed by atoms with E-state index in [1.165, 1.54) is 4.90 Å². The summed E-state index contributed by atoms with van der Waals surface area (Å²) < 4.78 is 11.0. The number of hydrogen-bond acceptors (Lipinski definition) is 5. The molecule has 31 heavy (non-hydrogen) atoms. The lowest BCUT2D eigenvalue weighted by Gasteiger charge is -2.25. The van der Waals surface area contributed by atoms with Crippen LogP contribution in [0.25, 0.3) is 5.76 Å². The van der Waals surface area contributed by atoms with Crippen molar-refractivity contribution in [2.24, 2.45) is 0 Å². The number of methoxy groups -OCH3 is 1. The summed E-state index contributed by atoms with van der Waals surface area (Å²) >= 11 is 0. The number of likely N-dealkylation sites (tertiary alicyclic amines) is 1. The summed E-state index contributed by atoms with van der Waals surface area (Å²) in [6.45, 7) is 8.13. The zero-order valence-corrected chi connectivity index (χ0v) is 18.6. The normalized spacial score (nSPS) is 18.1. The maximum absolute atomic E-state index is 13.1. The van der Waals surface area contributed by atoms with Crippen molar-refractivity contribution in [1.82, 2.24) is 4.90 Å². The molecule has 0 aromatic heterocycles. The van der Waals surface area contributed by atoms with Crippen LogP contribution in [0.5, 0.6) is 5.75 Å². The standard InChI is InChI=1S/C25H29NO5/c1-15(2)31-19-8-6-7-18(14-19)22-21(24(28)25(29)26(22)11-12-30-5)23(27)20-13-16(3)9-10-17(20)4/h6-10,13-15,22,27H,11-12H2,1-5H3/b23-21+. The van der Waals surface area contributed by atoms with Gasteiger partial charge in [-0.3, -0.25) is 9.59 Å². The molecule has 1 amide bonds. The molecule has 3 rings (SSSR count). The number of rotatable bonds is 7. The minimum atomic E-state index is -0.731. The SMILES string of the molecule is COCCN1C(=O)C(=O)/C(=C(/O)c2cc(C)ccc2C)C1c1cccc(OC(C)C)c1. The van der Waals surface area contributed by atoms with Crippen LogP contribution in [0.3, 0.4) is 0 Å². The van der Waals surface area contributed by atoms with Crippen LogP contribution in [0.1, 0.15) is 42.1 Å². The highest BCUT2D eigenvalue weighted by atomic mass is 16.5. The van der Waals surface area contributed by atoms with Crippen LogP contribution < -0.4 is 4.74 Å². The number of aryl methyl sites for hydroxylation is 2. The minimum Gasteiger partial charge on any atom is -0.507 e. The summed E-state index contributed by atoms with van der Waals surface area (Å²) in [6.07, 6.45) is -0.0231. The van der Waals surface area contributed by atoms with Gasteiger partial charge < -0.3 is 19.5 Å². The van der Waals surface area contributed by atoms with Gasteiger partial charge in [0.25, 0.3) is 11.7 Å². The van der Waals surface area contributed by atoms with E-state index in [1.54, 1.807) is 7.11 Å². The van der Waals surface area contributed by atoms with E-state index in [2.05, 4.69) is 0 Å². The number of aliphatic hydroxyl groups is 1. The average molecular weight is 424 g/mol. The van der Waals surface area contributed by atoms with Crippen LogP contribution in [-0.4, -0.2) is 48.1 Å². The van der Waals surface area contributed by atoms with Gasteiger partial charge in [-0.25, -0.2) is 0 Å². The summed E-state index contributed by atoms with van der Waals surface area (Å²) in [5.74, 6) is -0.880. The monoisotopic (exact) mass is 423 g/mol. The lowest BCUT2D eigenvalue weighted by atomic mass is 9.93. The summed E-state index contributed by atoms with van der Waals surface area (Å²) in [5, 5.41) is 11.2. The highest BCUT2D eigenvalue weighted by Crippen LogP contribution is 2.40. The van der Waals surface area contributed by atoms with Gasteiger partial charge in [-0.1, -0.05) is 29.8 Å². The number of nitrogens with zero attached hydrogens (tertiary/aromatic N) is 1. The Morgan fingerprint density at radius 1 is 1.13 bits per heavy atom. The van der Waals surface area contributed by atoms with E-state index >= 15 is 0 Å². The molecule has 1 saturated heterocycles. The van der Waals surface area contributed by atoms with Gasteiger partial charge in [0, 0.05) is 19.2 Å². The van der Waals surface area contributed by atoms with E-state index in [0.717, 1.165) is 11.1 Å². The van der Waals surface area contributed by atoms with E-state index in [4.69, 9.17) is 9.47 Å². The van der Waals surface area contributed by atoms with Gasteiger partial charge in [-0.15, -0.1) is 0 Å². The number of benzene rings is 2. The van der Waals surface area contributed by atoms with Crippen LogP contribution in [0.4, 0.5) is 0 Å². The zero-order chi connectivity index (χ0) is 22.7. The molecule has 6 nitrogen and oxygen atoms in total. The molecule has 0 radical (unpaired) electrons. The number of hydrogen-bond donors (Lipinski definition) is 1. The summed E-state index contributed by atoms with van der Waals surface area (Å²) in [7, 11) is 1.54. The average Bonchev–Trinajstić information content (AvgIpc) is 2.98. The highest BCUT2D eigenvalue weighted by molar-refractivity contribution is 6.46. The quantitative estimate of drug-likeness (QED) is 0.411. The van der Waals surface area contributed by atoms with Crippen molar-refractivity contribution < 1.29 is 24.2 Å². The Balaban J connectivity index is 2.19. The predicted octanol–water partition coefficient (Wildman–Crippen LogP) is 4.16. The van der Waals surface area contributed by atoms with E-state index in [9.17, 15) is 14.7 Å². The van der Waals surface area contributed by atoms with Crippen LogP contribution in [0.15, 0.2) is 48.0 Å². The summed E-state index contributed by atoms with van der Waals surface area (Å²) in [4.78, 5) is 27.4. The molecule has 1 aliphatic rings. The Bertz CT molecular complexity index is 1020. The van der Waals surface area contributed by atoms with Gasteiger partial charge in [0.2, 0.25) is 0 Å². The lowest BCUT2D eigenvalue weighted by molar-refractivity contribution is -0.140. The molecule has 0 bridgehead atoms. The number of ether oxygens (including phenoxy) is 2. The molecule has 1 heterocycles. The molecular weight excluding hydrogens is 394 g/mol. The third kappa shape index (κ3) is 4.64. The Labute approximate surface area is 183 Å². The van der Waals surface area contributed by atoms with Crippen LogP contribution in [0, 0.1) is 13.8 Å². The van der Waals surface area contributed by atoms with Crippen LogP contribution in [0.2, 0.25) is 0 Å². The van der Waals surface area contributed by atoms with E-state index < -0.39 is 17.7 Å². The van der Waals surface area contributed by atoms with Gasteiger partial charge in [-0.05, 0) is 57.0 Å². The second kappa shape index (κ2) is 9.35. The molecule has 1 unspecified atom stereocenters. The number of ketones is 1. The smallest absolute Gasteiger partial charge is 0.295 e. The molecule has 1 atom stereocenters. The molecule has 0 spiro atoms. The van der Waals surface area contributed by atoms with Crippen LogP contribution in [-0.2, 0) is 14.3 Å². The number of aliphatic hydroxyl groups excluding tert-OH is 1. The molecule has 2 aromatic rings. The first-order chi connectivity index (χ1) is 14.7. The Kier molecular flexibility index (Phi) is 6.81. The topological polar surface area (TPSA) is 76.1 Å². The highest BCUT2D eigenvalue weighted by Gasteiger charge is 2.46. The number of Topliss-reactive ketones (excluding diaryl/α,β-unsaturated/α-hetero) is 1. The van der Waals surface area contributed by atoms with Crippen molar-refractivity contribution >= 4 is 17.4 Å². The largest absolute Gasteiger partial charge is 0.507 e. The first-order valence-corrected chi connectivity index (χ1v) is 10.4. The third-order valence-electron chi connectivity index (χ3n) is 5.27. The fourth-order valence-electron chi connectivity index (χ4n) is 3.81. The molecule has 6 heteroatoms. The van der Waals surface area contributed by atoms with Crippen molar-refractivity contribution in [2.75, 3.05) is 20.3 Å². The minimum absolute atomic E-state index is 0.0231. The maximum Gasteiger partial charge on any atom is 0.295 e. The van der Waals surface area contributed by atoms with Crippen molar-refractivity contribution in [3.8, 4) is 5.75 Å². The van der Waals surface area contributed by atoms with Gasteiger partial charge in [0.15, 0.2) is 0 Å². The lowest BCUT2D eigenvalue weighted by Crippen LogP contribution is -2.32. The van der Waals surface area contributed by atoms with Crippen molar-refractivity contribution in [3.05, 3.63) is 70.3 Å². The first-order valence-electron chi connectivity index (χ1n) is 10.4. The van der Waals surface area contributed by atoms with Crippen molar-refractivity contribution in [1.29, 1.82) is 0 Å². The maximum atomic E-state index is 13.1. The van der Waals surface area contributed by atoms with E-state index in [0.29, 0.717) is 16.9 Å². The zero-order valence-electron chi connectivity index (χ0n) is 18.6. The van der Waals surface area contributed by atoms with Gasteiger partial charge >= 0.3 is 0 Å².